The van der Waals surface area contributed by atoms with Crippen molar-refractivity contribution < 1.29 is 20.1 Å². The molecule has 0 aromatic heterocycles. The second kappa shape index (κ2) is 5.67. The first-order valence-corrected chi connectivity index (χ1v) is 4.71. The number of hydrogen-bond acceptors (Lipinski definition) is 4. The van der Waals surface area contributed by atoms with E-state index in [-0.39, 0.29) is 0 Å². The predicted octanol–water partition coefficient (Wildman–Crippen LogP) is -0.965. The third-order valence-corrected chi connectivity index (χ3v) is 2.08. The van der Waals surface area contributed by atoms with Crippen molar-refractivity contribution in [3.63, 3.8) is 0 Å². The van der Waals surface area contributed by atoms with Crippen LogP contribution in [0.3, 0.4) is 0 Å². The highest BCUT2D eigenvalue weighted by Crippen LogP contribution is 2.11. The Bertz CT molecular complexity index is 402. The molecule has 0 aliphatic rings. The van der Waals surface area contributed by atoms with Crippen LogP contribution in [0.25, 0.3) is 12.2 Å². The van der Waals surface area contributed by atoms with E-state index < -0.39 is 14.2 Å². The second-order valence-corrected chi connectivity index (χ2v) is 3.24. The summed E-state index contributed by atoms with van der Waals surface area (Å²) >= 11 is 0. The van der Waals surface area contributed by atoms with Gasteiger partial charge in [-0.25, -0.2) is 0 Å². The van der Waals surface area contributed by atoms with Gasteiger partial charge in [-0.1, -0.05) is 42.9 Å². The fraction of sp³-hybridized carbons (Fsp3) is 0. The van der Waals surface area contributed by atoms with Gasteiger partial charge in [-0.3, -0.25) is 0 Å². The summed E-state index contributed by atoms with van der Waals surface area (Å²) in [4.78, 5) is 0. The summed E-state index contributed by atoms with van der Waals surface area (Å²) in [5, 5.41) is 35.4. The van der Waals surface area contributed by atoms with Gasteiger partial charge in [0.15, 0.2) is 0 Å². The molecule has 6 heteroatoms. The van der Waals surface area contributed by atoms with E-state index in [1.54, 1.807) is 24.3 Å². The molecule has 0 saturated heterocycles. The zero-order valence-electron chi connectivity index (χ0n) is 8.61. The fourth-order valence-electron chi connectivity index (χ4n) is 1.27. The molecule has 0 heterocycles. The van der Waals surface area contributed by atoms with Crippen LogP contribution in [0, 0.1) is 0 Å². The highest BCUT2D eigenvalue weighted by atomic mass is 16.4. The monoisotopic (exact) mass is 218 g/mol. The van der Waals surface area contributed by atoms with Gasteiger partial charge in [-0.2, -0.15) is 0 Å². The van der Waals surface area contributed by atoms with Gasteiger partial charge in [0.2, 0.25) is 0 Å². The molecule has 0 aliphatic heterocycles. The second-order valence-electron chi connectivity index (χ2n) is 3.24. The minimum atomic E-state index is -1.55. The average molecular weight is 218 g/mol. The zero-order chi connectivity index (χ0) is 12.1. The Labute approximate surface area is 94.5 Å². The first-order valence-electron chi connectivity index (χ1n) is 4.71. The summed E-state index contributed by atoms with van der Waals surface area (Å²) in [7, 11) is -3.09. The molecule has 0 radical (unpaired) electrons. The minimum Gasteiger partial charge on any atom is -0.424 e. The molecule has 0 spiro atoms. The zero-order valence-corrected chi connectivity index (χ0v) is 8.61. The Morgan fingerprint density at radius 3 is 2.25 bits per heavy atom. The van der Waals surface area contributed by atoms with Gasteiger partial charge in [-0.05, 0) is 16.6 Å². The van der Waals surface area contributed by atoms with Gasteiger partial charge in [0.25, 0.3) is 0 Å². The Hall–Kier alpha value is -1.33. The lowest BCUT2D eigenvalue weighted by Crippen LogP contribution is -2.29. The molecule has 0 bridgehead atoms. The van der Waals surface area contributed by atoms with E-state index in [4.69, 9.17) is 20.1 Å². The third kappa shape index (κ3) is 3.36. The third-order valence-electron chi connectivity index (χ3n) is 2.08. The SMILES string of the molecule is C=Cc1ccc(B(O)O)cc1/C=C/B(O)O. The van der Waals surface area contributed by atoms with E-state index in [0.717, 1.165) is 5.56 Å². The largest absolute Gasteiger partial charge is 0.488 e. The summed E-state index contributed by atoms with van der Waals surface area (Å²) in [6.45, 7) is 3.61. The molecule has 1 rings (SSSR count). The molecule has 0 atom stereocenters. The quantitative estimate of drug-likeness (QED) is 0.490. The molecule has 16 heavy (non-hydrogen) atoms. The van der Waals surface area contributed by atoms with Crippen molar-refractivity contribution in [2.75, 3.05) is 0 Å². The van der Waals surface area contributed by atoms with Gasteiger partial charge in [0, 0.05) is 0 Å². The lowest BCUT2D eigenvalue weighted by Gasteiger charge is -2.05. The molecule has 0 aliphatic carbocycles. The Kier molecular flexibility index (Phi) is 4.52. The van der Waals surface area contributed by atoms with Crippen LogP contribution < -0.4 is 5.46 Å². The normalized spacial score (nSPS) is 10.5. The van der Waals surface area contributed by atoms with Crippen LogP contribution in [0.4, 0.5) is 0 Å². The van der Waals surface area contributed by atoms with Gasteiger partial charge < -0.3 is 20.1 Å². The van der Waals surface area contributed by atoms with E-state index in [1.165, 1.54) is 12.1 Å². The maximum atomic E-state index is 9.00. The van der Waals surface area contributed by atoms with Gasteiger partial charge >= 0.3 is 14.2 Å². The number of benzene rings is 1. The molecule has 1 aromatic rings. The number of hydrogen-bond donors (Lipinski definition) is 4. The Morgan fingerprint density at radius 2 is 1.75 bits per heavy atom. The van der Waals surface area contributed by atoms with Crippen LogP contribution in [0.1, 0.15) is 11.1 Å². The number of rotatable bonds is 4. The van der Waals surface area contributed by atoms with Crippen molar-refractivity contribution in [2.45, 2.75) is 0 Å². The van der Waals surface area contributed by atoms with E-state index >= 15 is 0 Å². The Morgan fingerprint density at radius 1 is 1.06 bits per heavy atom. The van der Waals surface area contributed by atoms with Crippen LogP contribution in [0.2, 0.25) is 0 Å². The van der Waals surface area contributed by atoms with Crippen LogP contribution in [-0.2, 0) is 0 Å². The summed E-state index contributed by atoms with van der Waals surface area (Å²) in [5.74, 6) is 1.18. The Balaban J connectivity index is 3.11. The predicted molar refractivity (Wildman–Crippen MR) is 65.6 cm³/mol. The lowest BCUT2D eigenvalue weighted by molar-refractivity contribution is 0.424. The molecule has 4 nitrogen and oxygen atoms in total. The summed E-state index contributed by atoms with van der Waals surface area (Å²) in [6, 6.07) is 4.78. The van der Waals surface area contributed by atoms with Crippen LogP contribution in [-0.4, -0.2) is 34.3 Å². The minimum absolute atomic E-state index is 0.331. The van der Waals surface area contributed by atoms with E-state index in [0.29, 0.717) is 11.0 Å². The smallest absolute Gasteiger partial charge is 0.424 e. The lowest BCUT2D eigenvalue weighted by atomic mass is 9.78. The summed E-state index contributed by atoms with van der Waals surface area (Å²) in [5.41, 5.74) is 1.73. The van der Waals surface area contributed by atoms with E-state index in [1.807, 2.05) is 0 Å². The molecule has 0 amide bonds. The van der Waals surface area contributed by atoms with Gasteiger partial charge in [-0.15, -0.1) is 0 Å². The first kappa shape index (κ1) is 12.7. The van der Waals surface area contributed by atoms with Crippen molar-refractivity contribution in [1.29, 1.82) is 0 Å². The van der Waals surface area contributed by atoms with Crippen molar-refractivity contribution in [3.05, 3.63) is 41.9 Å². The fourth-order valence-corrected chi connectivity index (χ4v) is 1.27. The van der Waals surface area contributed by atoms with Crippen LogP contribution >= 0.6 is 0 Å². The van der Waals surface area contributed by atoms with Gasteiger partial charge in [0.1, 0.15) is 0 Å². The molecule has 0 fully saturated rings. The van der Waals surface area contributed by atoms with E-state index in [2.05, 4.69) is 6.58 Å². The summed E-state index contributed by atoms with van der Waals surface area (Å²) < 4.78 is 0. The maximum absolute atomic E-state index is 9.00. The van der Waals surface area contributed by atoms with Crippen molar-refractivity contribution in [2.24, 2.45) is 0 Å². The van der Waals surface area contributed by atoms with Gasteiger partial charge in [0.05, 0.1) is 0 Å². The van der Waals surface area contributed by atoms with Crippen LogP contribution in [0.15, 0.2) is 30.8 Å². The standard InChI is InChI=1S/C10H12B2O4/c1-2-8-3-4-10(12(15)16)7-9(8)5-6-11(13)14/h2-7,13-16H,1H2/b6-5+. The maximum Gasteiger partial charge on any atom is 0.488 e. The van der Waals surface area contributed by atoms with Crippen molar-refractivity contribution in [1.82, 2.24) is 0 Å². The highest BCUT2D eigenvalue weighted by molar-refractivity contribution is 6.58. The van der Waals surface area contributed by atoms with Crippen LogP contribution in [0.5, 0.6) is 0 Å². The molecular formula is C10H12B2O4. The molecule has 0 saturated carbocycles. The molecule has 82 valence electrons. The first-order chi connectivity index (χ1) is 7.54. The molecule has 1 aromatic carbocycles. The highest BCUT2D eigenvalue weighted by Gasteiger charge is 2.11. The van der Waals surface area contributed by atoms with Crippen molar-refractivity contribution in [3.8, 4) is 0 Å². The molecule has 4 N–H and O–H groups in total. The van der Waals surface area contributed by atoms with Crippen molar-refractivity contribution >= 4 is 31.9 Å². The molecular weight excluding hydrogens is 206 g/mol. The summed E-state index contributed by atoms with van der Waals surface area (Å²) in [6.07, 6.45) is 3.07. The topological polar surface area (TPSA) is 80.9 Å². The average Bonchev–Trinajstić information content (AvgIpc) is 2.25. The van der Waals surface area contributed by atoms with E-state index in [9.17, 15) is 0 Å². The molecule has 0 unspecified atom stereocenters.